The van der Waals surface area contributed by atoms with Gasteiger partial charge < -0.3 is 14.5 Å². The molecule has 0 saturated carbocycles. The highest BCUT2D eigenvalue weighted by Gasteiger charge is 2.28. The van der Waals surface area contributed by atoms with E-state index in [1.54, 1.807) is 0 Å². The van der Waals surface area contributed by atoms with Crippen LogP contribution in [0, 0.1) is 18.8 Å². The quantitative estimate of drug-likeness (QED) is 0.483. The monoisotopic (exact) mass is 408 g/mol. The lowest BCUT2D eigenvalue weighted by Gasteiger charge is -2.14. The predicted molar refractivity (Wildman–Crippen MR) is 119 cm³/mol. The lowest BCUT2D eigenvalue weighted by Crippen LogP contribution is -2.26. The summed E-state index contributed by atoms with van der Waals surface area (Å²) in [6, 6.07) is 22.1. The second kappa shape index (κ2) is 8.00. The fourth-order valence-electron chi connectivity index (χ4n) is 4.03. The van der Waals surface area contributed by atoms with Gasteiger partial charge in [0.1, 0.15) is 12.1 Å². The van der Waals surface area contributed by atoms with E-state index in [9.17, 15) is 4.79 Å². The average molecular weight is 408 g/mol. The van der Waals surface area contributed by atoms with Crippen molar-refractivity contribution in [2.24, 2.45) is 0 Å². The summed E-state index contributed by atoms with van der Waals surface area (Å²) >= 11 is 0. The first kappa shape index (κ1) is 19.0. The number of aryl methyl sites for hydroxylation is 1. The van der Waals surface area contributed by atoms with Crippen LogP contribution in [-0.4, -0.2) is 24.2 Å². The van der Waals surface area contributed by atoms with Gasteiger partial charge in [0.2, 0.25) is 0 Å². The van der Waals surface area contributed by atoms with Crippen molar-refractivity contribution in [1.29, 1.82) is 0 Å². The van der Waals surface area contributed by atoms with Crippen LogP contribution in [0.5, 0.6) is 0 Å². The molecule has 1 aliphatic carbocycles. The van der Waals surface area contributed by atoms with E-state index in [2.05, 4.69) is 46.4 Å². The molecule has 0 aliphatic heterocycles. The van der Waals surface area contributed by atoms with Crippen molar-refractivity contribution in [3.8, 4) is 23.0 Å². The van der Waals surface area contributed by atoms with Crippen molar-refractivity contribution in [2.45, 2.75) is 12.8 Å². The maximum atomic E-state index is 12.2. The van der Waals surface area contributed by atoms with Gasteiger partial charge in [0.25, 0.3) is 0 Å². The van der Waals surface area contributed by atoms with Crippen molar-refractivity contribution >= 4 is 17.2 Å². The number of fused-ring (bicyclic) bond motifs is 4. The summed E-state index contributed by atoms with van der Waals surface area (Å²) in [4.78, 5) is 16.5. The first-order valence-electron chi connectivity index (χ1n) is 10.1. The number of alkyl carbamates (subject to hydrolysis) is 1. The molecule has 1 aliphatic rings. The van der Waals surface area contributed by atoms with Crippen molar-refractivity contribution in [3.05, 3.63) is 89.3 Å². The Morgan fingerprint density at radius 2 is 1.77 bits per heavy atom. The van der Waals surface area contributed by atoms with Gasteiger partial charge in [0.15, 0.2) is 11.5 Å². The van der Waals surface area contributed by atoms with Gasteiger partial charge in [-0.3, -0.25) is 0 Å². The van der Waals surface area contributed by atoms with Gasteiger partial charge in [0, 0.05) is 18.4 Å². The number of carbonyl (C=O) groups excluding carboxylic acids is 1. The topological polar surface area (TPSA) is 64.4 Å². The van der Waals surface area contributed by atoms with Crippen molar-refractivity contribution in [1.82, 2.24) is 10.3 Å². The molecule has 1 aromatic heterocycles. The zero-order valence-corrected chi connectivity index (χ0v) is 17.0. The molecule has 0 radical (unpaired) electrons. The van der Waals surface area contributed by atoms with E-state index in [1.807, 2.05) is 49.4 Å². The zero-order valence-electron chi connectivity index (χ0n) is 17.0. The first-order chi connectivity index (χ1) is 15.2. The SMILES string of the molecule is Cc1nc2ccc(C#CCNC(=O)OCC3c4ccccc4-c4ccccc43)cc2o1. The molecule has 0 unspecified atom stereocenters. The zero-order chi connectivity index (χ0) is 21.2. The average Bonchev–Trinajstić information content (AvgIpc) is 3.32. The third-order valence-corrected chi connectivity index (χ3v) is 5.39. The summed E-state index contributed by atoms with van der Waals surface area (Å²) in [5.41, 5.74) is 7.10. The maximum absolute atomic E-state index is 12.2. The first-order valence-corrected chi connectivity index (χ1v) is 10.1. The fraction of sp³-hybridized carbons (Fsp3) is 0.154. The van der Waals surface area contributed by atoms with E-state index in [0.717, 1.165) is 11.1 Å². The Bertz CT molecular complexity index is 1300. The number of rotatable bonds is 3. The molecule has 152 valence electrons. The van der Waals surface area contributed by atoms with Crippen LogP contribution >= 0.6 is 0 Å². The molecule has 1 amide bonds. The predicted octanol–water partition coefficient (Wildman–Crippen LogP) is 5.03. The van der Waals surface area contributed by atoms with E-state index in [1.165, 1.54) is 22.3 Å². The maximum Gasteiger partial charge on any atom is 0.407 e. The number of aromatic nitrogens is 1. The highest BCUT2D eigenvalue weighted by molar-refractivity contribution is 5.79. The van der Waals surface area contributed by atoms with Crippen molar-refractivity contribution in [3.63, 3.8) is 0 Å². The van der Waals surface area contributed by atoms with Crippen LogP contribution in [0.4, 0.5) is 4.79 Å². The van der Waals surface area contributed by atoms with E-state index in [0.29, 0.717) is 11.5 Å². The van der Waals surface area contributed by atoms with E-state index in [-0.39, 0.29) is 19.1 Å². The highest BCUT2D eigenvalue weighted by atomic mass is 16.5. The molecule has 0 spiro atoms. The molecular weight excluding hydrogens is 388 g/mol. The highest BCUT2D eigenvalue weighted by Crippen LogP contribution is 2.44. The number of ether oxygens (including phenoxy) is 1. The van der Waals surface area contributed by atoms with Crippen LogP contribution in [0.3, 0.4) is 0 Å². The Morgan fingerprint density at radius 3 is 2.52 bits per heavy atom. The molecule has 4 aromatic rings. The van der Waals surface area contributed by atoms with Crippen LogP contribution in [0.15, 0.2) is 71.1 Å². The van der Waals surface area contributed by atoms with Gasteiger partial charge in [-0.05, 0) is 40.5 Å². The largest absolute Gasteiger partial charge is 0.449 e. The van der Waals surface area contributed by atoms with Crippen LogP contribution in [0.2, 0.25) is 0 Å². The van der Waals surface area contributed by atoms with Crippen LogP contribution in [-0.2, 0) is 4.74 Å². The molecule has 0 fully saturated rings. The van der Waals surface area contributed by atoms with Gasteiger partial charge in [0.05, 0.1) is 6.54 Å². The molecule has 3 aromatic carbocycles. The van der Waals surface area contributed by atoms with Gasteiger partial charge >= 0.3 is 6.09 Å². The lowest BCUT2D eigenvalue weighted by molar-refractivity contribution is 0.144. The Labute approximate surface area is 180 Å². The number of carbonyl (C=O) groups is 1. The summed E-state index contributed by atoms with van der Waals surface area (Å²) in [6.45, 7) is 2.29. The number of hydrogen-bond donors (Lipinski definition) is 1. The molecule has 0 atom stereocenters. The minimum absolute atomic E-state index is 0.0429. The second-order valence-corrected chi connectivity index (χ2v) is 7.40. The molecule has 0 bridgehead atoms. The number of hydrogen-bond acceptors (Lipinski definition) is 4. The molecular formula is C26H20N2O3. The molecule has 31 heavy (non-hydrogen) atoms. The van der Waals surface area contributed by atoms with E-state index in [4.69, 9.17) is 9.15 Å². The summed E-state index contributed by atoms with van der Waals surface area (Å²) in [7, 11) is 0. The minimum Gasteiger partial charge on any atom is -0.449 e. The third kappa shape index (κ3) is 3.76. The second-order valence-electron chi connectivity index (χ2n) is 7.40. The van der Waals surface area contributed by atoms with Gasteiger partial charge in [-0.15, -0.1) is 0 Å². The van der Waals surface area contributed by atoms with Crippen LogP contribution in [0.1, 0.15) is 28.5 Å². The Hall–Kier alpha value is -4.04. The van der Waals surface area contributed by atoms with E-state index < -0.39 is 6.09 Å². The minimum atomic E-state index is -0.475. The number of nitrogens with one attached hydrogen (secondary N) is 1. The van der Waals surface area contributed by atoms with Crippen LogP contribution < -0.4 is 5.32 Å². The number of nitrogens with zero attached hydrogens (tertiary/aromatic N) is 1. The molecule has 1 heterocycles. The van der Waals surface area contributed by atoms with Crippen molar-refractivity contribution < 1.29 is 13.9 Å². The van der Waals surface area contributed by atoms with Crippen molar-refractivity contribution in [2.75, 3.05) is 13.2 Å². The summed E-state index contributed by atoms with van der Waals surface area (Å²) in [5.74, 6) is 6.62. The third-order valence-electron chi connectivity index (χ3n) is 5.39. The summed E-state index contributed by atoms with van der Waals surface area (Å²) < 4.78 is 11.0. The molecule has 1 N–H and O–H groups in total. The van der Waals surface area contributed by atoms with E-state index >= 15 is 0 Å². The Morgan fingerprint density at radius 1 is 1.06 bits per heavy atom. The standard InChI is InChI=1S/C26H20N2O3/c1-17-28-24-13-12-18(15-25(24)31-17)7-6-14-27-26(29)30-16-23-21-10-4-2-8-19(21)20-9-3-5-11-22(20)23/h2-5,8-13,15,23H,14,16H2,1H3,(H,27,29). The van der Waals surface area contributed by atoms with Gasteiger partial charge in [-0.25, -0.2) is 9.78 Å². The molecule has 5 rings (SSSR count). The Balaban J connectivity index is 1.19. The molecule has 5 nitrogen and oxygen atoms in total. The normalized spacial score (nSPS) is 12.0. The smallest absolute Gasteiger partial charge is 0.407 e. The summed E-state index contributed by atoms with van der Waals surface area (Å²) in [5, 5.41) is 2.70. The fourth-order valence-corrected chi connectivity index (χ4v) is 4.03. The summed E-state index contributed by atoms with van der Waals surface area (Å²) in [6.07, 6.45) is -0.475. The number of oxazole rings is 1. The molecule has 0 saturated heterocycles. The Kier molecular flexibility index (Phi) is 4.89. The number of amides is 1. The van der Waals surface area contributed by atoms with Gasteiger partial charge in [-0.2, -0.15) is 0 Å². The van der Waals surface area contributed by atoms with Gasteiger partial charge in [-0.1, -0.05) is 60.4 Å². The lowest BCUT2D eigenvalue weighted by atomic mass is 9.98. The number of benzene rings is 3. The molecule has 5 heteroatoms. The van der Waals surface area contributed by atoms with Crippen LogP contribution in [0.25, 0.3) is 22.2 Å².